The summed E-state index contributed by atoms with van der Waals surface area (Å²) < 4.78 is 5.26. The summed E-state index contributed by atoms with van der Waals surface area (Å²) in [5.41, 5.74) is 8.93. The van der Waals surface area contributed by atoms with Crippen LogP contribution in [-0.2, 0) is 40.5 Å². The minimum atomic E-state index is -2.31. The summed E-state index contributed by atoms with van der Waals surface area (Å²) in [5.74, 6) is 0. The number of fused-ring (bicyclic) bond motifs is 3. The minimum absolute atomic E-state index is 0. The average Bonchev–Trinajstić information content (AvgIpc) is 3.57. The summed E-state index contributed by atoms with van der Waals surface area (Å²) in [4.78, 5) is 0. The van der Waals surface area contributed by atoms with E-state index in [9.17, 15) is 0 Å². The van der Waals surface area contributed by atoms with Crippen LogP contribution in [0.1, 0.15) is 35.1 Å². The van der Waals surface area contributed by atoms with E-state index in [0.717, 1.165) is 25.7 Å². The summed E-state index contributed by atoms with van der Waals surface area (Å²) in [5, 5.41) is 0. The fourth-order valence-corrected chi connectivity index (χ4v) is 13.8. The molecule has 6 rings (SSSR count). The van der Waals surface area contributed by atoms with Gasteiger partial charge in [-0.25, -0.2) is 0 Å². The van der Waals surface area contributed by atoms with Crippen molar-refractivity contribution in [3.05, 3.63) is 147 Å². The van der Waals surface area contributed by atoms with Gasteiger partial charge in [-0.1, -0.05) is 0 Å². The Bertz CT molecular complexity index is 1450. The third kappa shape index (κ3) is 6.07. The minimum Gasteiger partial charge on any atom is -1.00 e. The fourth-order valence-electron chi connectivity index (χ4n) is 5.70. The molecule has 0 saturated heterocycles. The zero-order valence-corrected chi connectivity index (χ0v) is 24.8. The van der Waals surface area contributed by atoms with Crippen LogP contribution in [0.2, 0.25) is 0 Å². The van der Waals surface area contributed by atoms with Crippen molar-refractivity contribution in [3.8, 4) is 11.1 Å². The average molecular weight is 601 g/mol. The van der Waals surface area contributed by atoms with E-state index in [1.54, 1.807) is 12.1 Å². The molecule has 4 aromatic carbocycles. The number of benzene rings is 4. The van der Waals surface area contributed by atoms with E-state index in [0.29, 0.717) is 0 Å². The molecule has 0 atom stereocenters. The molecule has 0 bridgehead atoms. The maximum absolute atomic E-state index is 2.49. The smallest absolute Gasteiger partial charge is 1.00 e. The molecule has 0 fully saturated rings. The molecule has 0 saturated carbocycles. The number of hydrogen-bond donors (Lipinski definition) is 0. The van der Waals surface area contributed by atoms with Gasteiger partial charge in [0.2, 0.25) is 0 Å². The SMILES string of the molecule is C1=CC[C](/[Zr+2](=[C](/CCc2ccccc2)Cc2ccccc2)[c]2cccc3c2Cc2ccccc2-3)=C1.[Cl-].[Cl-]. The largest absolute Gasteiger partial charge is 1.00 e. The van der Waals surface area contributed by atoms with E-state index in [2.05, 4.69) is 121 Å². The number of hydrogen-bond acceptors (Lipinski definition) is 0. The summed E-state index contributed by atoms with van der Waals surface area (Å²) in [6.45, 7) is 0. The topological polar surface area (TPSA) is 0 Å². The molecule has 0 radical (unpaired) electrons. The molecule has 0 aromatic heterocycles. The van der Waals surface area contributed by atoms with Crippen LogP contribution in [0.25, 0.3) is 11.1 Å². The zero-order valence-electron chi connectivity index (χ0n) is 20.8. The van der Waals surface area contributed by atoms with E-state index in [-0.39, 0.29) is 24.8 Å². The van der Waals surface area contributed by atoms with Crippen molar-refractivity contribution in [3.63, 3.8) is 0 Å². The van der Waals surface area contributed by atoms with Gasteiger partial charge in [-0.2, -0.15) is 0 Å². The Morgan fingerprint density at radius 3 is 2.08 bits per heavy atom. The Labute approximate surface area is 241 Å². The monoisotopic (exact) mass is 598 g/mol. The van der Waals surface area contributed by atoms with Crippen LogP contribution in [0.15, 0.2) is 125 Å². The molecule has 0 heterocycles. The first kappa shape index (κ1) is 27.7. The molecule has 2 aliphatic rings. The van der Waals surface area contributed by atoms with Crippen LogP contribution < -0.4 is 28.1 Å². The Kier molecular flexibility index (Phi) is 9.72. The Morgan fingerprint density at radius 2 is 1.35 bits per heavy atom. The Morgan fingerprint density at radius 1 is 0.676 bits per heavy atom. The molecule has 3 heteroatoms. The van der Waals surface area contributed by atoms with Crippen molar-refractivity contribution in [1.82, 2.24) is 0 Å². The molecule has 37 heavy (non-hydrogen) atoms. The van der Waals surface area contributed by atoms with Gasteiger partial charge in [0.25, 0.3) is 0 Å². The van der Waals surface area contributed by atoms with E-state index < -0.39 is 21.3 Å². The van der Waals surface area contributed by atoms with Gasteiger partial charge in [-0.15, -0.1) is 0 Å². The number of aryl methyl sites for hydroxylation is 1. The Hall–Kier alpha value is -2.31. The van der Waals surface area contributed by atoms with Crippen molar-refractivity contribution in [2.45, 2.75) is 32.1 Å². The molecule has 0 aliphatic heterocycles. The van der Waals surface area contributed by atoms with Crippen molar-refractivity contribution in [2.24, 2.45) is 0 Å². The number of rotatable bonds is 7. The zero-order chi connectivity index (χ0) is 23.5. The van der Waals surface area contributed by atoms with Gasteiger partial charge >= 0.3 is 218 Å². The summed E-state index contributed by atoms with van der Waals surface area (Å²) in [6, 6.07) is 38.4. The fraction of sp³-hybridized carbons (Fsp3) is 0.147. The van der Waals surface area contributed by atoms with E-state index >= 15 is 0 Å². The maximum atomic E-state index is 2.49. The molecule has 0 nitrogen and oxygen atoms in total. The van der Waals surface area contributed by atoms with Gasteiger partial charge in [0.1, 0.15) is 0 Å². The molecule has 184 valence electrons. The third-order valence-corrected chi connectivity index (χ3v) is 15.1. The molecule has 4 aromatic rings. The van der Waals surface area contributed by atoms with Crippen molar-refractivity contribution in [1.29, 1.82) is 0 Å². The van der Waals surface area contributed by atoms with Gasteiger partial charge in [-0.05, 0) is 0 Å². The van der Waals surface area contributed by atoms with E-state index in [1.807, 2.05) is 3.21 Å². The molecule has 0 spiro atoms. The summed E-state index contributed by atoms with van der Waals surface area (Å²) in [7, 11) is 0. The quantitative estimate of drug-likeness (QED) is 0.265. The first-order valence-electron chi connectivity index (χ1n) is 12.7. The van der Waals surface area contributed by atoms with Crippen LogP contribution in [-0.4, -0.2) is 3.21 Å². The maximum Gasteiger partial charge on any atom is -1.00 e. The molecule has 0 amide bonds. The van der Waals surface area contributed by atoms with Gasteiger partial charge < -0.3 is 24.8 Å². The van der Waals surface area contributed by atoms with E-state index in [4.69, 9.17) is 0 Å². The first-order chi connectivity index (χ1) is 17.4. The van der Waals surface area contributed by atoms with Crippen LogP contribution >= 0.6 is 0 Å². The normalized spacial score (nSPS) is 13.1. The summed E-state index contributed by atoms with van der Waals surface area (Å²) in [6.07, 6.45) is 12.8. The third-order valence-electron chi connectivity index (χ3n) is 7.38. The second-order valence-corrected chi connectivity index (χ2v) is 16.1. The van der Waals surface area contributed by atoms with Gasteiger partial charge in [-0.3, -0.25) is 0 Å². The van der Waals surface area contributed by atoms with E-state index in [1.165, 1.54) is 34.2 Å². The number of halogens is 2. The Balaban J connectivity index is 0.00000160. The predicted octanol–water partition coefficient (Wildman–Crippen LogP) is 1.40. The molecular formula is C34H30Cl2Zr. The first-order valence-corrected chi connectivity index (χ1v) is 16.4. The van der Waals surface area contributed by atoms with Crippen molar-refractivity contribution < 1.29 is 46.1 Å². The standard InChI is InChI=1S/C16H16.C13H9.C5H5.2ClH.Zr/c1-3-9-15(10-4-1)13-7-8-14-16-11-5-2-6-12-16;1-3-7-12-10(5-1)9-11-6-2-4-8-13(11)12;1-2-4-5-3-1;;;/h1-6,9-12H,7,13-14H2;1-5,7-8H,9H2;1-3H,4H2;2*1H;/q;;;;;+2/p-2. The van der Waals surface area contributed by atoms with Crippen molar-refractivity contribution in [2.75, 3.05) is 0 Å². The predicted molar refractivity (Wildman–Crippen MR) is 146 cm³/mol. The molecule has 0 N–H and O–H groups in total. The van der Waals surface area contributed by atoms with Gasteiger partial charge in [0, 0.05) is 0 Å². The van der Waals surface area contributed by atoms with Crippen LogP contribution in [0.5, 0.6) is 0 Å². The number of allylic oxidation sites excluding steroid dienone is 4. The molecule has 2 aliphatic carbocycles. The van der Waals surface area contributed by atoms with Crippen molar-refractivity contribution >= 4 is 6.48 Å². The van der Waals surface area contributed by atoms with Crippen LogP contribution in [0.4, 0.5) is 0 Å². The second-order valence-electron chi connectivity index (χ2n) is 9.62. The van der Waals surface area contributed by atoms with Crippen LogP contribution in [0.3, 0.4) is 0 Å². The van der Waals surface area contributed by atoms with Gasteiger partial charge in [0.15, 0.2) is 0 Å². The molecular weight excluding hydrogens is 571 g/mol. The van der Waals surface area contributed by atoms with Crippen LogP contribution in [0, 0.1) is 0 Å². The second kappa shape index (κ2) is 13.0. The molecule has 0 unspecified atom stereocenters. The summed E-state index contributed by atoms with van der Waals surface area (Å²) >= 11 is -2.31. The van der Waals surface area contributed by atoms with Gasteiger partial charge in [0.05, 0.1) is 0 Å².